The molecular weight excluding hydrogens is 1020 g/mol. The zero-order chi connectivity index (χ0) is 59.9. The zero-order valence-corrected chi connectivity index (χ0v) is 54.4. The van der Waals surface area contributed by atoms with E-state index < -0.39 is 6.10 Å². The largest absolute Gasteiger partial charge is 0.462 e. The summed E-state index contributed by atoms with van der Waals surface area (Å²) in [5.41, 5.74) is 0. The third-order valence-corrected chi connectivity index (χ3v) is 15.0. The number of carbonyl (C=O) groups is 3. The second-order valence-electron chi connectivity index (χ2n) is 23.1. The average molecular weight is 1150 g/mol. The Morgan fingerprint density at radius 1 is 0.253 bits per heavy atom. The predicted octanol–water partition coefficient (Wildman–Crippen LogP) is 24.3. The van der Waals surface area contributed by atoms with Gasteiger partial charge in [-0.05, 0) is 116 Å². The van der Waals surface area contributed by atoms with E-state index in [4.69, 9.17) is 14.2 Å². The van der Waals surface area contributed by atoms with E-state index >= 15 is 0 Å². The molecule has 0 radical (unpaired) electrons. The van der Waals surface area contributed by atoms with Gasteiger partial charge in [0.1, 0.15) is 13.2 Å². The maximum Gasteiger partial charge on any atom is 0.306 e. The van der Waals surface area contributed by atoms with E-state index in [1.165, 1.54) is 173 Å². The molecule has 6 heteroatoms. The molecule has 0 fully saturated rings. The van der Waals surface area contributed by atoms with Gasteiger partial charge in [0.05, 0.1) is 0 Å². The summed E-state index contributed by atoms with van der Waals surface area (Å²) in [7, 11) is 0. The van der Waals surface area contributed by atoms with Crippen LogP contribution < -0.4 is 0 Å². The van der Waals surface area contributed by atoms with E-state index in [9.17, 15) is 14.4 Å². The van der Waals surface area contributed by atoms with Gasteiger partial charge in [-0.1, -0.05) is 316 Å². The number of allylic oxidation sites excluding steroid dienone is 20. The highest BCUT2D eigenvalue weighted by Crippen LogP contribution is 2.17. The molecule has 0 aliphatic rings. The van der Waals surface area contributed by atoms with Crippen molar-refractivity contribution in [3.8, 4) is 0 Å². The van der Waals surface area contributed by atoms with Crippen LogP contribution in [0.2, 0.25) is 0 Å². The van der Waals surface area contributed by atoms with Gasteiger partial charge in [-0.3, -0.25) is 14.4 Å². The minimum Gasteiger partial charge on any atom is -0.462 e. The molecule has 0 spiro atoms. The molecule has 0 heterocycles. The summed E-state index contributed by atoms with van der Waals surface area (Å²) in [5.74, 6) is -0.927. The summed E-state index contributed by atoms with van der Waals surface area (Å²) in [6, 6.07) is 0. The number of rotatable bonds is 63. The van der Waals surface area contributed by atoms with E-state index in [1.54, 1.807) is 0 Å². The van der Waals surface area contributed by atoms with E-state index in [1.807, 2.05) is 0 Å². The number of hydrogen-bond donors (Lipinski definition) is 0. The zero-order valence-electron chi connectivity index (χ0n) is 54.4. The fourth-order valence-electron chi connectivity index (χ4n) is 9.73. The molecule has 0 amide bonds. The first-order valence-electron chi connectivity index (χ1n) is 35.0. The monoisotopic (exact) mass is 1150 g/mol. The molecule has 1 atom stereocenters. The fourth-order valence-corrected chi connectivity index (χ4v) is 9.73. The van der Waals surface area contributed by atoms with Crippen LogP contribution in [-0.4, -0.2) is 37.2 Å². The van der Waals surface area contributed by atoms with Crippen molar-refractivity contribution in [3.05, 3.63) is 122 Å². The molecule has 83 heavy (non-hydrogen) atoms. The van der Waals surface area contributed by atoms with Crippen LogP contribution in [0.5, 0.6) is 0 Å². The predicted molar refractivity (Wildman–Crippen MR) is 362 cm³/mol. The van der Waals surface area contributed by atoms with Gasteiger partial charge >= 0.3 is 17.9 Å². The van der Waals surface area contributed by atoms with Crippen LogP contribution >= 0.6 is 0 Å². The summed E-state index contributed by atoms with van der Waals surface area (Å²) >= 11 is 0. The van der Waals surface area contributed by atoms with Crippen molar-refractivity contribution in [3.63, 3.8) is 0 Å². The lowest BCUT2D eigenvalue weighted by atomic mass is 10.0. The lowest BCUT2D eigenvalue weighted by Crippen LogP contribution is -2.30. The van der Waals surface area contributed by atoms with E-state index in [2.05, 4.69) is 142 Å². The minimum atomic E-state index is -0.798. The molecule has 0 bridgehead atoms. The molecule has 474 valence electrons. The summed E-state index contributed by atoms with van der Waals surface area (Å²) in [6.07, 6.45) is 98.0. The normalized spacial score (nSPS) is 12.9. The first kappa shape index (κ1) is 78.8. The van der Waals surface area contributed by atoms with Gasteiger partial charge in [0.2, 0.25) is 0 Å². The number of carbonyl (C=O) groups excluding carboxylic acids is 3. The Kier molecular flexibility index (Phi) is 66.7. The SMILES string of the molecule is CC/C=C\C/C=C\C/C=C\C/C=C\C/C=C\C/C=C\C/C=C\C/C=C\CCCCC(=O)OCC(COC(=O)CCCCCCCCCCCCC)OC(=O)CCCCCCCCCCCCCCCCC/C=C\C/C=C\CCCCCCC. The highest BCUT2D eigenvalue weighted by Gasteiger charge is 2.19. The van der Waals surface area contributed by atoms with Gasteiger partial charge in [-0.2, -0.15) is 0 Å². The van der Waals surface area contributed by atoms with Crippen molar-refractivity contribution in [1.29, 1.82) is 0 Å². The Morgan fingerprint density at radius 2 is 0.470 bits per heavy atom. The Balaban J connectivity index is 4.33. The number of unbranched alkanes of at least 4 members (excludes halogenated alkanes) is 32. The van der Waals surface area contributed by atoms with Crippen LogP contribution in [-0.2, 0) is 28.6 Å². The molecule has 0 saturated heterocycles. The third kappa shape index (κ3) is 68.5. The Labute approximate surface area is 513 Å². The van der Waals surface area contributed by atoms with Crippen molar-refractivity contribution in [2.75, 3.05) is 13.2 Å². The Bertz CT molecular complexity index is 1700. The van der Waals surface area contributed by atoms with E-state index in [0.717, 1.165) is 116 Å². The van der Waals surface area contributed by atoms with Crippen LogP contribution in [0, 0.1) is 0 Å². The first-order valence-corrected chi connectivity index (χ1v) is 35.0. The standard InChI is InChI=1S/C77H130O6/c1-4-7-10-13-16-19-22-24-26-28-30-32-34-36-38-40-42-44-46-48-50-52-55-58-61-64-67-70-76(79)82-73-74(72-81-75(78)69-66-63-60-57-54-21-18-15-12-9-6-3)83-77(80)71-68-65-62-59-56-53-51-49-47-45-43-41-39-37-35-33-31-29-27-25-23-20-17-14-11-8-5-2/h7,10,16,19,23-26,29-32,36,38,42,44,48,50,55,58,74H,4-6,8-9,11-15,17-18,20-22,27-28,33-35,37,39-41,43,45-47,49,51-54,56-57,59-73H2,1-3H3/b10-7-,19-16-,25-23-,26-24-,31-29-,32-30-,38-36-,44-42-,50-48-,58-55-. The molecule has 0 aromatic heterocycles. The van der Waals surface area contributed by atoms with Gasteiger partial charge in [0.15, 0.2) is 6.10 Å². The van der Waals surface area contributed by atoms with Crippen molar-refractivity contribution < 1.29 is 28.6 Å². The van der Waals surface area contributed by atoms with Gasteiger partial charge in [-0.25, -0.2) is 0 Å². The summed E-state index contributed by atoms with van der Waals surface area (Å²) < 4.78 is 16.9. The van der Waals surface area contributed by atoms with Gasteiger partial charge in [0.25, 0.3) is 0 Å². The lowest BCUT2D eigenvalue weighted by molar-refractivity contribution is -0.167. The fraction of sp³-hybridized carbons (Fsp3) is 0.701. The van der Waals surface area contributed by atoms with Crippen molar-refractivity contribution in [2.24, 2.45) is 0 Å². The van der Waals surface area contributed by atoms with Crippen molar-refractivity contribution >= 4 is 17.9 Å². The lowest BCUT2D eigenvalue weighted by Gasteiger charge is -2.18. The molecule has 0 N–H and O–H groups in total. The molecule has 0 aliphatic heterocycles. The second kappa shape index (κ2) is 70.3. The summed E-state index contributed by atoms with van der Waals surface area (Å²) in [5, 5.41) is 0. The van der Waals surface area contributed by atoms with Crippen LogP contribution in [0.1, 0.15) is 329 Å². The van der Waals surface area contributed by atoms with E-state index in [-0.39, 0.29) is 31.1 Å². The smallest absolute Gasteiger partial charge is 0.306 e. The van der Waals surface area contributed by atoms with Crippen molar-refractivity contribution in [2.45, 2.75) is 335 Å². The van der Waals surface area contributed by atoms with Crippen molar-refractivity contribution in [1.82, 2.24) is 0 Å². The second-order valence-corrected chi connectivity index (χ2v) is 23.1. The molecule has 0 aromatic carbocycles. The topological polar surface area (TPSA) is 78.9 Å². The molecule has 0 aliphatic carbocycles. The summed E-state index contributed by atoms with van der Waals surface area (Å²) in [6.45, 7) is 6.50. The Hall–Kier alpha value is -4.19. The molecule has 6 nitrogen and oxygen atoms in total. The number of esters is 3. The highest BCUT2D eigenvalue weighted by atomic mass is 16.6. The van der Waals surface area contributed by atoms with Gasteiger partial charge in [0, 0.05) is 19.3 Å². The number of ether oxygens (including phenoxy) is 3. The van der Waals surface area contributed by atoms with E-state index in [0.29, 0.717) is 19.3 Å². The van der Waals surface area contributed by atoms with Gasteiger partial charge in [-0.15, -0.1) is 0 Å². The van der Waals surface area contributed by atoms with Gasteiger partial charge < -0.3 is 14.2 Å². The maximum absolute atomic E-state index is 12.9. The highest BCUT2D eigenvalue weighted by molar-refractivity contribution is 5.71. The Morgan fingerprint density at radius 3 is 0.759 bits per heavy atom. The third-order valence-electron chi connectivity index (χ3n) is 15.0. The maximum atomic E-state index is 12.9. The van der Waals surface area contributed by atoms with Crippen LogP contribution in [0.15, 0.2) is 122 Å². The molecule has 0 saturated carbocycles. The first-order chi connectivity index (χ1) is 41.0. The van der Waals surface area contributed by atoms with Crippen LogP contribution in [0.25, 0.3) is 0 Å². The number of hydrogen-bond acceptors (Lipinski definition) is 6. The quantitative estimate of drug-likeness (QED) is 0.0261. The molecular formula is C77H130O6. The molecule has 0 aromatic rings. The van der Waals surface area contributed by atoms with Crippen LogP contribution in [0.3, 0.4) is 0 Å². The minimum absolute atomic E-state index is 0.0908. The summed E-state index contributed by atoms with van der Waals surface area (Å²) in [4.78, 5) is 38.4. The molecule has 0 rings (SSSR count). The average Bonchev–Trinajstić information content (AvgIpc) is 3.48. The molecule has 1 unspecified atom stereocenters. The van der Waals surface area contributed by atoms with Crippen LogP contribution in [0.4, 0.5) is 0 Å².